The first kappa shape index (κ1) is 33.4. The lowest BCUT2D eigenvalue weighted by molar-refractivity contribution is -0.175. The fourth-order valence-corrected chi connectivity index (χ4v) is 15.4. The minimum Gasteiger partial charge on any atom is -0.457 e. The van der Waals surface area contributed by atoms with Crippen molar-refractivity contribution in [2.45, 2.75) is 42.9 Å². The molecule has 61 heavy (non-hydrogen) atoms. The van der Waals surface area contributed by atoms with E-state index in [1.54, 1.807) is 5.56 Å². The number of para-hydroxylation sites is 1. The molecule has 2 bridgehead atoms. The summed E-state index contributed by atoms with van der Waals surface area (Å²) in [5.41, 5.74) is 14.5. The molecule has 2 aromatic heterocycles. The fourth-order valence-electron chi connectivity index (χ4n) is 14.2. The van der Waals surface area contributed by atoms with Gasteiger partial charge in [0, 0.05) is 48.0 Å². The van der Waals surface area contributed by atoms with Gasteiger partial charge in [0.05, 0.1) is 16.8 Å². The van der Waals surface area contributed by atoms with Crippen LogP contribution in [-0.4, -0.2) is 9.97 Å². The van der Waals surface area contributed by atoms with Crippen LogP contribution in [0.25, 0.3) is 65.2 Å². The molecule has 4 saturated carbocycles. The number of nitrogens with zero attached hydrogens (tertiary/aromatic N) is 2. The minimum absolute atomic E-state index is 0.370. The van der Waals surface area contributed by atoms with E-state index in [1.807, 2.05) is 11.3 Å². The second kappa shape index (κ2) is 11.5. The van der Waals surface area contributed by atoms with Crippen molar-refractivity contribution in [3.8, 4) is 56.5 Å². The Morgan fingerprint density at radius 1 is 0.508 bits per heavy atom. The van der Waals surface area contributed by atoms with Gasteiger partial charge in [-0.05, 0) is 125 Å². The lowest BCUT2D eigenvalue weighted by Crippen LogP contribution is -2.59. The van der Waals surface area contributed by atoms with Gasteiger partial charge >= 0.3 is 0 Å². The van der Waals surface area contributed by atoms with Crippen molar-refractivity contribution in [1.29, 1.82) is 0 Å². The molecule has 2 spiro atoms. The quantitative estimate of drug-likeness (QED) is 0.178. The highest BCUT2D eigenvalue weighted by molar-refractivity contribution is 7.26. The largest absolute Gasteiger partial charge is 0.457 e. The summed E-state index contributed by atoms with van der Waals surface area (Å²) in [7, 11) is 0. The Hall–Kier alpha value is -6.36. The van der Waals surface area contributed by atoms with Crippen LogP contribution in [0.3, 0.4) is 0 Å². The van der Waals surface area contributed by atoms with Gasteiger partial charge in [0.15, 0.2) is 5.82 Å². The highest BCUT2D eigenvalue weighted by atomic mass is 32.1. The van der Waals surface area contributed by atoms with Crippen molar-refractivity contribution in [1.82, 2.24) is 9.97 Å². The molecule has 4 unspecified atom stereocenters. The highest BCUT2D eigenvalue weighted by Crippen LogP contribution is 2.84. The van der Waals surface area contributed by atoms with Crippen molar-refractivity contribution < 1.29 is 4.74 Å². The molecule has 4 fully saturated rings. The van der Waals surface area contributed by atoms with E-state index in [4.69, 9.17) is 14.7 Å². The zero-order valence-electron chi connectivity index (χ0n) is 33.6. The maximum Gasteiger partial charge on any atom is 0.160 e. The second-order valence-electron chi connectivity index (χ2n) is 19.0. The van der Waals surface area contributed by atoms with Gasteiger partial charge in [0.1, 0.15) is 11.5 Å². The fraction of sp³-hybridized carbons (Fsp3) is 0.193. The molecule has 3 nitrogen and oxygen atoms in total. The summed E-state index contributed by atoms with van der Waals surface area (Å²) in [6, 6.07) is 60.3. The first-order valence-corrected chi connectivity index (χ1v) is 22.9. The normalized spacial score (nSPS) is 25.0. The summed E-state index contributed by atoms with van der Waals surface area (Å²) in [6.07, 6.45) is 7.17. The summed E-state index contributed by atoms with van der Waals surface area (Å²) < 4.78 is 9.35. The second-order valence-corrected chi connectivity index (χ2v) is 20.1. The van der Waals surface area contributed by atoms with Crippen molar-refractivity contribution >= 4 is 31.5 Å². The van der Waals surface area contributed by atoms with Crippen LogP contribution in [-0.2, 0) is 10.8 Å². The first-order valence-electron chi connectivity index (χ1n) is 22.1. The Labute approximate surface area is 358 Å². The predicted molar refractivity (Wildman–Crippen MR) is 246 cm³/mol. The van der Waals surface area contributed by atoms with Gasteiger partial charge in [-0.2, -0.15) is 0 Å². The van der Waals surface area contributed by atoms with E-state index in [0.29, 0.717) is 10.8 Å². The topological polar surface area (TPSA) is 35.0 Å². The number of aromatic nitrogens is 2. The SMILES string of the molecule is c1ccc2c(c1)Oc1ccc(-c3nc(-c4ccc(C56CC7CC8C[C@@H](C5)C87C6)cc4)cc(-c4cccc5c4sc4ccccc45)n3)cc1C21c2ccccc2-c2ccccc21. The van der Waals surface area contributed by atoms with Crippen LogP contribution >= 0.6 is 11.3 Å². The Morgan fingerprint density at radius 3 is 1.92 bits per heavy atom. The molecule has 5 aliphatic carbocycles. The summed E-state index contributed by atoms with van der Waals surface area (Å²) in [6.45, 7) is 0. The monoisotopic (exact) mass is 800 g/mol. The third kappa shape index (κ3) is 4.11. The van der Waals surface area contributed by atoms with Gasteiger partial charge < -0.3 is 4.74 Å². The lowest BCUT2D eigenvalue weighted by Gasteiger charge is -2.66. The Balaban J connectivity index is 0.931. The third-order valence-electron chi connectivity index (χ3n) is 16.6. The predicted octanol–water partition coefficient (Wildman–Crippen LogP) is 14.4. The molecule has 6 aliphatic rings. The molecule has 0 amide bonds. The first-order chi connectivity index (χ1) is 30.1. The molecule has 4 heteroatoms. The summed E-state index contributed by atoms with van der Waals surface area (Å²) in [5, 5.41) is 2.56. The molecule has 0 saturated heterocycles. The van der Waals surface area contributed by atoms with Gasteiger partial charge in [-0.1, -0.05) is 127 Å². The van der Waals surface area contributed by atoms with E-state index in [-0.39, 0.29) is 0 Å². The number of rotatable bonds is 4. The minimum atomic E-state index is -0.565. The molecule has 0 radical (unpaired) electrons. The van der Waals surface area contributed by atoms with E-state index in [0.717, 1.165) is 74.3 Å². The van der Waals surface area contributed by atoms with Crippen LogP contribution in [0.2, 0.25) is 0 Å². The molecule has 1 aliphatic heterocycles. The zero-order valence-corrected chi connectivity index (χ0v) is 34.4. The molecule has 0 N–H and O–H groups in total. The Bertz CT molecular complexity index is 3320. The Kier molecular flexibility index (Phi) is 6.30. The van der Waals surface area contributed by atoms with Crippen LogP contribution in [0, 0.1) is 23.2 Å². The van der Waals surface area contributed by atoms with Gasteiger partial charge in [-0.15, -0.1) is 11.3 Å². The van der Waals surface area contributed by atoms with E-state index in [9.17, 15) is 0 Å². The number of thiophene rings is 1. The molecule has 5 atom stereocenters. The molecule has 9 aromatic rings. The van der Waals surface area contributed by atoms with Crippen LogP contribution in [0.4, 0.5) is 0 Å². The molecule has 290 valence electrons. The molecular weight excluding hydrogens is 761 g/mol. The number of fused-ring (bicyclic) bond motifs is 13. The Morgan fingerprint density at radius 2 is 1.15 bits per heavy atom. The van der Waals surface area contributed by atoms with Crippen molar-refractivity contribution in [2.24, 2.45) is 23.2 Å². The van der Waals surface area contributed by atoms with Gasteiger partial charge in [-0.3, -0.25) is 0 Å². The van der Waals surface area contributed by atoms with Crippen LogP contribution < -0.4 is 4.74 Å². The van der Waals surface area contributed by atoms with Gasteiger partial charge in [0.2, 0.25) is 0 Å². The number of ether oxygens (including phenoxy) is 1. The lowest BCUT2D eigenvalue weighted by atomic mass is 9.38. The average Bonchev–Trinajstić information content (AvgIpc) is 4.03. The number of hydrogen-bond acceptors (Lipinski definition) is 4. The zero-order chi connectivity index (χ0) is 39.7. The van der Waals surface area contributed by atoms with Gasteiger partial charge in [0.25, 0.3) is 0 Å². The molecule has 3 heterocycles. The van der Waals surface area contributed by atoms with Crippen molar-refractivity contribution in [3.63, 3.8) is 0 Å². The van der Waals surface area contributed by atoms with E-state index in [1.165, 1.54) is 74.5 Å². The van der Waals surface area contributed by atoms with Crippen LogP contribution in [0.1, 0.15) is 59.9 Å². The third-order valence-corrected chi connectivity index (χ3v) is 17.9. The maximum atomic E-state index is 6.81. The van der Waals surface area contributed by atoms with E-state index in [2.05, 4.69) is 164 Å². The molecular formula is C57H40N2OS. The number of benzene rings is 7. The van der Waals surface area contributed by atoms with Crippen LogP contribution in [0.15, 0.2) is 164 Å². The van der Waals surface area contributed by atoms with Crippen molar-refractivity contribution in [2.75, 3.05) is 0 Å². The summed E-state index contributed by atoms with van der Waals surface area (Å²) in [4.78, 5) is 11.0. The number of hydrogen-bond donors (Lipinski definition) is 0. The smallest absolute Gasteiger partial charge is 0.160 e. The average molecular weight is 801 g/mol. The summed E-state index contributed by atoms with van der Waals surface area (Å²) in [5.74, 6) is 5.43. The van der Waals surface area contributed by atoms with E-state index < -0.39 is 5.41 Å². The maximum absolute atomic E-state index is 6.81. The summed E-state index contributed by atoms with van der Waals surface area (Å²) >= 11 is 1.85. The van der Waals surface area contributed by atoms with Gasteiger partial charge in [-0.25, -0.2) is 9.97 Å². The van der Waals surface area contributed by atoms with Crippen molar-refractivity contribution in [3.05, 3.63) is 192 Å². The molecule has 15 rings (SSSR count). The van der Waals surface area contributed by atoms with E-state index >= 15 is 0 Å². The molecule has 7 aromatic carbocycles. The van der Waals surface area contributed by atoms with Crippen LogP contribution in [0.5, 0.6) is 11.5 Å². The highest BCUT2D eigenvalue weighted by Gasteiger charge is 2.77. The standard InChI is InChI=1S/C57H40N2OS/c1-4-15-44-39(10-1)40-11-2-5-16-45(40)57(44)46-17-6-7-18-50(46)60-51-25-22-34(26-47(51)57)54-58-48(29-49(59-54)43-14-9-13-42-41-12-3-8-19-52(41)61-53(42)43)33-20-23-35(24-21-33)55-30-37-27-36-28-38(31-55)56(36,37)32-55/h1-26,29,36-38H,27-28,30-32H2/t36?,37-,38?,55?,56?/m0/s1.